The van der Waals surface area contributed by atoms with Crippen molar-refractivity contribution in [3.63, 3.8) is 0 Å². The van der Waals surface area contributed by atoms with Crippen molar-refractivity contribution in [2.24, 2.45) is 5.92 Å². The quantitative estimate of drug-likeness (QED) is 0.536. The molecule has 4 nitrogen and oxygen atoms in total. The molecule has 3 rings (SSSR count). The van der Waals surface area contributed by atoms with Crippen molar-refractivity contribution in [3.05, 3.63) is 57.6 Å². The van der Waals surface area contributed by atoms with Crippen LogP contribution < -0.4 is 10.1 Å². The maximum atomic E-state index is 13.6. The second kappa shape index (κ2) is 9.73. The molecule has 6 heteroatoms. The summed E-state index contributed by atoms with van der Waals surface area (Å²) < 4.78 is 5.71. The predicted molar refractivity (Wildman–Crippen MR) is 121 cm³/mol. The highest BCUT2D eigenvalue weighted by atomic mass is 35.5. The van der Waals surface area contributed by atoms with Crippen molar-refractivity contribution in [2.75, 3.05) is 11.9 Å². The maximum absolute atomic E-state index is 13.6. The summed E-state index contributed by atoms with van der Waals surface area (Å²) in [5.41, 5.74) is 0.910. The minimum Gasteiger partial charge on any atom is -0.493 e. The fraction of sp³-hybridized carbons (Fsp3) is 0.417. The van der Waals surface area contributed by atoms with E-state index in [0.29, 0.717) is 52.4 Å². The Morgan fingerprint density at radius 2 is 1.90 bits per heavy atom. The van der Waals surface area contributed by atoms with Crippen LogP contribution >= 0.6 is 23.2 Å². The first-order valence-electron chi connectivity index (χ1n) is 10.3. The van der Waals surface area contributed by atoms with E-state index < -0.39 is 5.41 Å². The van der Waals surface area contributed by atoms with E-state index in [9.17, 15) is 10.1 Å². The van der Waals surface area contributed by atoms with Gasteiger partial charge in [-0.3, -0.25) is 4.79 Å². The molecular formula is C24H26Cl2N2O2. The van der Waals surface area contributed by atoms with E-state index in [1.54, 1.807) is 30.3 Å². The van der Waals surface area contributed by atoms with E-state index in [1.165, 1.54) is 0 Å². The van der Waals surface area contributed by atoms with E-state index in [-0.39, 0.29) is 5.91 Å². The van der Waals surface area contributed by atoms with E-state index >= 15 is 0 Å². The van der Waals surface area contributed by atoms with Crippen molar-refractivity contribution in [2.45, 2.75) is 51.4 Å². The van der Waals surface area contributed by atoms with Gasteiger partial charge in [-0.2, -0.15) is 5.26 Å². The minimum absolute atomic E-state index is 0.140. The number of amides is 1. The van der Waals surface area contributed by atoms with Crippen molar-refractivity contribution in [1.29, 1.82) is 5.26 Å². The summed E-state index contributed by atoms with van der Waals surface area (Å²) >= 11 is 12.6. The zero-order valence-electron chi connectivity index (χ0n) is 17.3. The van der Waals surface area contributed by atoms with Gasteiger partial charge in [-0.05, 0) is 54.7 Å². The molecule has 30 heavy (non-hydrogen) atoms. The van der Waals surface area contributed by atoms with Crippen molar-refractivity contribution >= 4 is 34.8 Å². The summed E-state index contributed by atoms with van der Waals surface area (Å²) in [6.45, 7) is 4.69. The maximum Gasteiger partial charge on any atom is 0.235 e. The number of anilines is 1. The molecule has 1 amide bonds. The first kappa shape index (κ1) is 22.5. The van der Waals surface area contributed by atoms with Crippen LogP contribution in [0.1, 0.15) is 57.1 Å². The van der Waals surface area contributed by atoms with Gasteiger partial charge in [0.15, 0.2) is 0 Å². The number of hydrogen-bond donors (Lipinski definition) is 1. The topological polar surface area (TPSA) is 62.1 Å². The summed E-state index contributed by atoms with van der Waals surface area (Å²) in [5.74, 6) is 0.857. The van der Waals surface area contributed by atoms with Crippen molar-refractivity contribution in [3.8, 4) is 11.8 Å². The van der Waals surface area contributed by atoms with Crippen LogP contribution in [-0.2, 0) is 10.2 Å². The third-order valence-corrected chi connectivity index (χ3v) is 6.08. The van der Waals surface area contributed by atoms with Crippen molar-refractivity contribution < 1.29 is 9.53 Å². The van der Waals surface area contributed by atoms with Gasteiger partial charge in [-0.15, -0.1) is 0 Å². The second-order valence-electron chi connectivity index (χ2n) is 8.25. The van der Waals surface area contributed by atoms with Crippen LogP contribution in [0.2, 0.25) is 10.0 Å². The normalized spacial score (nSPS) is 15.5. The molecular weight excluding hydrogens is 419 g/mol. The lowest BCUT2D eigenvalue weighted by atomic mass is 9.68. The van der Waals surface area contributed by atoms with Crippen LogP contribution in [0.4, 0.5) is 5.69 Å². The number of carbonyl (C=O) groups excluding carboxylic acids is 1. The second-order valence-corrected chi connectivity index (χ2v) is 9.09. The van der Waals surface area contributed by atoms with E-state index in [1.807, 2.05) is 6.07 Å². The highest BCUT2D eigenvalue weighted by molar-refractivity contribution is 6.35. The molecule has 0 aromatic heterocycles. The molecule has 2 aromatic rings. The smallest absolute Gasteiger partial charge is 0.235 e. The summed E-state index contributed by atoms with van der Waals surface area (Å²) in [5, 5.41) is 13.6. The molecule has 1 aliphatic carbocycles. The molecule has 158 valence electrons. The summed E-state index contributed by atoms with van der Waals surface area (Å²) in [4.78, 5) is 13.6. The molecule has 0 bridgehead atoms. The number of nitriles is 1. The number of carbonyl (C=O) groups is 1. The Morgan fingerprint density at radius 1 is 1.17 bits per heavy atom. The van der Waals surface area contributed by atoms with Crippen LogP contribution in [-0.4, -0.2) is 12.5 Å². The van der Waals surface area contributed by atoms with Gasteiger partial charge in [0.2, 0.25) is 5.91 Å². The Bertz CT molecular complexity index is 960. The molecule has 0 unspecified atom stereocenters. The number of benzene rings is 2. The molecule has 1 N–H and O–H groups in total. The van der Waals surface area contributed by atoms with Gasteiger partial charge < -0.3 is 10.1 Å². The SMILES string of the molecule is CC(C)COc1ccc(NC(=O)C2(c3ccc(Cl)cc3Cl)CCCCC2)c(C#N)c1. The lowest BCUT2D eigenvalue weighted by Crippen LogP contribution is -2.42. The molecule has 0 radical (unpaired) electrons. The lowest BCUT2D eigenvalue weighted by molar-refractivity contribution is -0.122. The molecule has 0 saturated heterocycles. The average Bonchev–Trinajstić information content (AvgIpc) is 2.73. The number of ether oxygens (including phenoxy) is 1. The number of rotatable bonds is 6. The fourth-order valence-electron chi connectivity index (χ4n) is 3.97. The Labute approximate surface area is 188 Å². The first-order chi connectivity index (χ1) is 14.4. The summed E-state index contributed by atoms with van der Waals surface area (Å²) in [6.07, 6.45) is 4.39. The monoisotopic (exact) mass is 444 g/mol. The molecule has 2 aromatic carbocycles. The van der Waals surface area contributed by atoms with Crippen LogP contribution in [0.5, 0.6) is 5.75 Å². The largest absolute Gasteiger partial charge is 0.493 e. The van der Waals surface area contributed by atoms with Crippen molar-refractivity contribution in [1.82, 2.24) is 0 Å². The van der Waals surface area contributed by atoms with E-state index in [0.717, 1.165) is 24.8 Å². The molecule has 1 fully saturated rings. The summed E-state index contributed by atoms with van der Waals surface area (Å²) in [6, 6.07) is 12.6. The van der Waals surface area contributed by atoms with Gasteiger partial charge in [0.1, 0.15) is 11.8 Å². The highest BCUT2D eigenvalue weighted by Gasteiger charge is 2.42. The van der Waals surface area contributed by atoms with Crippen LogP contribution in [0, 0.1) is 17.2 Å². The Hall–Kier alpha value is -2.22. The predicted octanol–water partition coefficient (Wildman–Crippen LogP) is 6.74. The van der Waals surface area contributed by atoms with Gasteiger partial charge in [0.05, 0.1) is 23.3 Å². The van der Waals surface area contributed by atoms with E-state index in [2.05, 4.69) is 25.2 Å². The van der Waals surface area contributed by atoms with Gasteiger partial charge in [-0.25, -0.2) is 0 Å². The zero-order valence-corrected chi connectivity index (χ0v) is 18.8. The Morgan fingerprint density at radius 3 is 2.53 bits per heavy atom. The Balaban J connectivity index is 1.90. The Kier molecular flexibility index (Phi) is 7.28. The average molecular weight is 445 g/mol. The molecule has 0 heterocycles. The molecule has 1 saturated carbocycles. The van der Waals surface area contributed by atoms with Gasteiger partial charge in [-0.1, -0.05) is 62.4 Å². The van der Waals surface area contributed by atoms with Crippen LogP contribution in [0.3, 0.4) is 0 Å². The fourth-order valence-corrected chi connectivity index (χ4v) is 4.56. The molecule has 0 spiro atoms. The van der Waals surface area contributed by atoms with Gasteiger partial charge in [0.25, 0.3) is 0 Å². The lowest BCUT2D eigenvalue weighted by Gasteiger charge is -2.37. The summed E-state index contributed by atoms with van der Waals surface area (Å²) in [7, 11) is 0. The third-order valence-electron chi connectivity index (χ3n) is 5.53. The van der Waals surface area contributed by atoms with Crippen LogP contribution in [0.15, 0.2) is 36.4 Å². The number of hydrogen-bond acceptors (Lipinski definition) is 3. The third kappa shape index (κ3) is 4.91. The number of halogens is 2. The van der Waals surface area contributed by atoms with Gasteiger partial charge in [0, 0.05) is 10.0 Å². The van der Waals surface area contributed by atoms with Crippen LogP contribution in [0.25, 0.3) is 0 Å². The number of nitrogens with zero attached hydrogens (tertiary/aromatic N) is 1. The molecule has 1 aliphatic rings. The number of nitrogens with one attached hydrogen (secondary N) is 1. The minimum atomic E-state index is -0.737. The zero-order chi connectivity index (χ0) is 21.7. The molecule has 0 atom stereocenters. The van der Waals surface area contributed by atoms with Gasteiger partial charge >= 0.3 is 0 Å². The standard InChI is InChI=1S/C24H26Cl2N2O2/c1-16(2)15-30-19-7-9-22(17(12-19)14-27)28-23(29)24(10-4-3-5-11-24)20-8-6-18(25)13-21(20)26/h6-9,12-13,16H,3-5,10-11,15H2,1-2H3,(H,28,29). The van der Waals surface area contributed by atoms with E-state index in [4.69, 9.17) is 27.9 Å². The molecule has 0 aliphatic heterocycles. The first-order valence-corrected chi connectivity index (χ1v) is 11.1. The highest BCUT2D eigenvalue weighted by Crippen LogP contribution is 2.44.